The smallest absolute Gasteiger partial charge is 0.338 e. The number of benzene rings is 2. The number of aromatic hydroxyl groups is 1. The molecular weight excluding hydrogens is 344 g/mol. The summed E-state index contributed by atoms with van der Waals surface area (Å²) >= 11 is 0. The van der Waals surface area contributed by atoms with E-state index in [4.69, 9.17) is 4.74 Å². The molecule has 2 aromatic rings. The van der Waals surface area contributed by atoms with Crippen molar-refractivity contribution in [2.75, 3.05) is 23.3 Å². The molecule has 6 heteroatoms. The first-order chi connectivity index (χ1) is 13.0. The minimum Gasteiger partial charge on any atom is -0.508 e. The van der Waals surface area contributed by atoms with Gasteiger partial charge in [-0.3, -0.25) is 4.79 Å². The molecule has 1 fully saturated rings. The van der Waals surface area contributed by atoms with E-state index in [0.717, 1.165) is 18.8 Å². The molecular formula is C21H24N2O4. The molecule has 2 aromatic carbocycles. The highest BCUT2D eigenvalue weighted by Gasteiger charge is 2.19. The van der Waals surface area contributed by atoms with Crippen LogP contribution in [0.25, 0.3) is 0 Å². The van der Waals surface area contributed by atoms with Gasteiger partial charge in [-0.15, -0.1) is 0 Å². The maximum absolute atomic E-state index is 12.3. The molecule has 1 aliphatic rings. The van der Waals surface area contributed by atoms with Gasteiger partial charge in [-0.1, -0.05) is 0 Å². The highest BCUT2D eigenvalue weighted by molar-refractivity contribution is 5.97. The van der Waals surface area contributed by atoms with Gasteiger partial charge in [0.05, 0.1) is 5.56 Å². The van der Waals surface area contributed by atoms with Crippen LogP contribution in [-0.4, -0.2) is 36.2 Å². The number of esters is 1. The van der Waals surface area contributed by atoms with Gasteiger partial charge in [0.2, 0.25) is 0 Å². The summed E-state index contributed by atoms with van der Waals surface area (Å²) in [6.07, 6.45) is 2.77. The van der Waals surface area contributed by atoms with E-state index in [-0.39, 0.29) is 11.3 Å². The molecule has 0 unspecified atom stereocenters. The van der Waals surface area contributed by atoms with Crippen LogP contribution in [0.1, 0.15) is 36.5 Å². The first kappa shape index (κ1) is 18.8. The second-order valence-electron chi connectivity index (χ2n) is 6.68. The Morgan fingerprint density at radius 1 is 1.00 bits per heavy atom. The van der Waals surface area contributed by atoms with E-state index in [1.54, 1.807) is 0 Å². The number of ether oxygens (including phenoxy) is 1. The summed E-state index contributed by atoms with van der Waals surface area (Å²) < 4.78 is 5.19. The van der Waals surface area contributed by atoms with Crippen molar-refractivity contribution >= 4 is 23.3 Å². The molecule has 0 spiro atoms. The molecule has 3 rings (SSSR count). The highest BCUT2D eigenvalue weighted by atomic mass is 16.5. The topological polar surface area (TPSA) is 78.9 Å². The van der Waals surface area contributed by atoms with Crippen LogP contribution >= 0.6 is 0 Å². The molecule has 142 valence electrons. The van der Waals surface area contributed by atoms with E-state index >= 15 is 0 Å². The van der Waals surface area contributed by atoms with Gasteiger partial charge in [-0.2, -0.15) is 0 Å². The van der Waals surface area contributed by atoms with Gasteiger partial charge >= 0.3 is 5.97 Å². The van der Waals surface area contributed by atoms with E-state index in [1.165, 1.54) is 50.5 Å². The van der Waals surface area contributed by atoms with E-state index in [1.807, 2.05) is 24.3 Å². The number of piperidine rings is 1. The largest absolute Gasteiger partial charge is 0.508 e. The van der Waals surface area contributed by atoms with Crippen molar-refractivity contribution in [3.63, 3.8) is 0 Å². The summed E-state index contributed by atoms with van der Waals surface area (Å²) in [7, 11) is 0. The zero-order chi connectivity index (χ0) is 19.2. The Hall–Kier alpha value is -3.02. The van der Waals surface area contributed by atoms with Crippen LogP contribution in [0.3, 0.4) is 0 Å². The average molecular weight is 368 g/mol. The number of hydrogen-bond acceptors (Lipinski definition) is 5. The van der Waals surface area contributed by atoms with Crippen LogP contribution in [0.2, 0.25) is 0 Å². The fourth-order valence-corrected chi connectivity index (χ4v) is 3.03. The Balaban J connectivity index is 1.54. The molecule has 1 atom stereocenters. The molecule has 0 bridgehead atoms. The maximum atomic E-state index is 12.3. The lowest BCUT2D eigenvalue weighted by Crippen LogP contribution is -2.30. The first-order valence-corrected chi connectivity index (χ1v) is 9.19. The summed E-state index contributed by atoms with van der Waals surface area (Å²) in [6, 6.07) is 13.4. The number of carbonyl (C=O) groups is 2. The number of anilines is 2. The number of phenols is 1. The number of phenolic OH excluding ortho intramolecular Hbond substituents is 1. The lowest BCUT2D eigenvalue weighted by molar-refractivity contribution is -0.123. The fraction of sp³-hybridized carbons (Fsp3) is 0.333. The van der Waals surface area contributed by atoms with Crippen LogP contribution < -0.4 is 10.2 Å². The van der Waals surface area contributed by atoms with Crippen LogP contribution in [0.15, 0.2) is 48.5 Å². The van der Waals surface area contributed by atoms with Crippen molar-refractivity contribution < 1.29 is 19.4 Å². The Morgan fingerprint density at radius 2 is 1.63 bits per heavy atom. The number of rotatable bonds is 5. The van der Waals surface area contributed by atoms with Crippen molar-refractivity contribution in [2.24, 2.45) is 0 Å². The van der Waals surface area contributed by atoms with Crippen molar-refractivity contribution in [1.82, 2.24) is 0 Å². The first-order valence-electron chi connectivity index (χ1n) is 9.19. The number of hydrogen-bond donors (Lipinski definition) is 2. The van der Waals surface area contributed by atoms with Gasteiger partial charge in [0.1, 0.15) is 5.75 Å². The van der Waals surface area contributed by atoms with Crippen LogP contribution in [0.4, 0.5) is 11.4 Å². The molecule has 0 aliphatic carbocycles. The van der Waals surface area contributed by atoms with Gasteiger partial charge in [0.25, 0.3) is 5.91 Å². The number of carbonyl (C=O) groups excluding carboxylic acids is 2. The van der Waals surface area contributed by atoms with Crippen LogP contribution in [0.5, 0.6) is 5.75 Å². The second-order valence-corrected chi connectivity index (χ2v) is 6.68. The monoisotopic (exact) mass is 368 g/mol. The zero-order valence-corrected chi connectivity index (χ0v) is 15.4. The van der Waals surface area contributed by atoms with Gasteiger partial charge < -0.3 is 20.1 Å². The Kier molecular flexibility index (Phi) is 5.96. The molecule has 1 aliphatic heterocycles. The van der Waals surface area contributed by atoms with E-state index in [9.17, 15) is 14.7 Å². The molecule has 0 aromatic heterocycles. The Labute approximate surface area is 158 Å². The minimum absolute atomic E-state index is 0.0605. The van der Waals surface area contributed by atoms with E-state index in [0.29, 0.717) is 5.69 Å². The Morgan fingerprint density at radius 3 is 2.26 bits per heavy atom. The predicted molar refractivity (Wildman–Crippen MR) is 104 cm³/mol. The zero-order valence-electron chi connectivity index (χ0n) is 15.4. The second kappa shape index (κ2) is 8.58. The van der Waals surface area contributed by atoms with Crippen LogP contribution in [-0.2, 0) is 9.53 Å². The number of nitrogens with one attached hydrogen (secondary N) is 1. The quantitative estimate of drug-likeness (QED) is 0.789. The summed E-state index contributed by atoms with van der Waals surface area (Å²) in [5, 5.41) is 12.0. The SMILES string of the molecule is C[C@@H](OC(=O)c1ccc(O)cc1)C(=O)Nc1ccc(N2CCCCC2)cc1. The van der Waals surface area contributed by atoms with Crippen molar-refractivity contribution in [2.45, 2.75) is 32.3 Å². The fourth-order valence-electron chi connectivity index (χ4n) is 3.03. The van der Waals surface area contributed by atoms with E-state index in [2.05, 4.69) is 10.2 Å². The molecule has 0 radical (unpaired) electrons. The molecule has 0 saturated carbocycles. The van der Waals surface area contributed by atoms with Crippen molar-refractivity contribution in [1.29, 1.82) is 0 Å². The molecule has 6 nitrogen and oxygen atoms in total. The van der Waals surface area contributed by atoms with E-state index < -0.39 is 18.0 Å². The summed E-state index contributed by atoms with van der Waals surface area (Å²) in [4.78, 5) is 26.7. The maximum Gasteiger partial charge on any atom is 0.338 e. The third-order valence-corrected chi connectivity index (χ3v) is 4.61. The normalized spacial score (nSPS) is 15.1. The van der Waals surface area contributed by atoms with Gasteiger partial charge in [0, 0.05) is 24.5 Å². The third-order valence-electron chi connectivity index (χ3n) is 4.61. The molecule has 2 N–H and O–H groups in total. The molecule has 1 saturated heterocycles. The predicted octanol–water partition coefficient (Wildman–Crippen LogP) is 3.57. The highest BCUT2D eigenvalue weighted by Crippen LogP contribution is 2.22. The molecule has 1 amide bonds. The number of amides is 1. The van der Waals surface area contributed by atoms with Gasteiger partial charge in [0.15, 0.2) is 6.10 Å². The summed E-state index contributed by atoms with van der Waals surface area (Å²) in [5.74, 6) is -0.948. The minimum atomic E-state index is -0.937. The molecule has 1 heterocycles. The van der Waals surface area contributed by atoms with Gasteiger partial charge in [-0.05, 0) is 74.7 Å². The van der Waals surface area contributed by atoms with Crippen LogP contribution in [0, 0.1) is 0 Å². The Bertz CT molecular complexity index is 781. The standard InChI is InChI=1S/C21H24N2O4/c1-15(27-21(26)16-5-11-19(24)12-6-16)20(25)22-17-7-9-18(10-8-17)23-13-3-2-4-14-23/h5-12,15,24H,2-4,13-14H2,1H3,(H,22,25)/t15-/m1/s1. The van der Waals surface area contributed by atoms with Gasteiger partial charge in [-0.25, -0.2) is 4.79 Å². The summed E-state index contributed by atoms with van der Waals surface area (Å²) in [6.45, 7) is 3.65. The lowest BCUT2D eigenvalue weighted by Gasteiger charge is -2.28. The van der Waals surface area contributed by atoms with Crippen molar-refractivity contribution in [3.8, 4) is 5.75 Å². The third kappa shape index (κ3) is 5.00. The lowest BCUT2D eigenvalue weighted by atomic mass is 10.1. The number of nitrogens with zero attached hydrogens (tertiary/aromatic N) is 1. The summed E-state index contributed by atoms with van der Waals surface area (Å²) in [5.41, 5.74) is 2.09. The van der Waals surface area contributed by atoms with Crippen molar-refractivity contribution in [3.05, 3.63) is 54.1 Å². The molecule has 27 heavy (non-hydrogen) atoms. The average Bonchev–Trinajstić information content (AvgIpc) is 2.69.